The largest absolute Gasteiger partial charge is 0.444 e. The number of aromatic amines is 1. The molecule has 9 heteroatoms. The van der Waals surface area contributed by atoms with Crippen molar-refractivity contribution in [1.82, 2.24) is 14.8 Å². The number of rotatable bonds is 4. The minimum atomic E-state index is -0.706. The van der Waals surface area contributed by atoms with Gasteiger partial charge in [-0.2, -0.15) is 0 Å². The van der Waals surface area contributed by atoms with E-state index in [0.717, 1.165) is 27.7 Å². The second-order valence-corrected chi connectivity index (χ2v) is 10.4. The van der Waals surface area contributed by atoms with Crippen molar-refractivity contribution in [1.29, 1.82) is 0 Å². The number of aromatic nitrogens is 1. The Kier molecular flexibility index (Phi) is 7.00. The van der Waals surface area contributed by atoms with E-state index in [-0.39, 0.29) is 17.7 Å². The third-order valence-corrected chi connectivity index (χ3v) is 6.36. The highest BCUT2D eigenvalue weighted by Gasteiger charge is 2.43. The van der Waals surface area contributed by atoms with Crippen LogP contribution in [0.1, 0.15) is 43.6 Å². The quantitative estimate of drug-likeness (QED) is 0.498. The van der Waals surface area contributed by atoms with Crippen molar-refractivity contribution in [3.63, 3.8) is 0 Å². The summed E-state index contributed by atoms with van der Waals surface area (Å²) in [4.78, 5) is 45.2. The van der Waals surface area contributed by atoms with E-state index in [2.05, 4.69) is 10.3 Å². The Morgan fingerprint density at radius 2 is 1.78 bits per heavy atom. The molecule has 8 nitrogen and oxygen atoms in total. The molecule has 0 unspecified atom stereocenters. The Morgan fingerprint density at radius 3 is 2.39 bits per heavy atom. The van der Waals surface area contributed by atoms with Crippen LogP contribution in [0.15, 0.2) is 48.5 Å². The van der Waals surface area contributed by atoms with E-state index in [4.69, 9.17) is 16.3 Å². The number of amides is 3. The number of likely N-dealkylation sites (N-methyl/N-ethyl adjacent to an activating group) is 1. The fourth-order valence-electron chi connectivity index (χ4n) is 4.67. The van der Waals surface area contributed by atoms with Gasteiger partial charge in [-0.15, -0.1) is 11.6 Å². The number of anilines is 1. The molecule has 0 bridgehead atoms. The van der Waals surface area contributed by atoms with Gasteiger partial charge in [0.25, 0.3) is 0 Å². The molecule has 2 heterocycles. The number of ether oxygens (including phenoxy) is 1. The molecule has 0 radical (unpaired) electrons. The molecule has 4 rings (SSSR count). The number of hydrogen-bond donors (Lipinski definition) is 2. The monoisotopic (exact) mass is 510 g/mol. The van der Waals surface area contributed by atoms with Crippen LogP contribution in [-0.2, 0) is 20.7 Å². The van der Waals surface area contributed by atoms with E-state index < -0.39 is 23.8 Å². The van der Waals surface area contributed by atoms with Gasteiger partial charge in [0.2, 0.25) is 11.8 Å². The summed E-state index contributed by atoms with van der Waals surface area (Å²) in [5.74, 6) is -0.749. The fraction of sp³-hybridized carbons (Fsp3) is 0.370. The van der Waals surface area contributed by atoms with Gasteiger partial charge in [0.1, 0.15) is 17.5 Å². The summed E-state index contributed by atoms with van der Waals surface area (Å²) in [6.07, 6.45) is -0.172. The van der Waals surface area contributed by atoms with Crippen molar-refractivity contribution in [2.75, 3.05) is 25.3 Å². The Bertz CT molecular complexity index is 1290. The third-order valence-electron chi connectivity index (χ3n) is 6.13. The Balaban J connectivity index is 1.79. The predicted octanol–water partition coefficient (Wildman–Crippen LogP) is 4.68. The first-order valence-corrected chi connectivity index (χ1v) is 12.3. The topological polar surface area (TPSA) is 94.7 Å². The van der Waals surface area contributed by atoms with Crippen LogP contribution < -0.4 is 5.32 Å². The number of hydrogen-bond acceptors (Lipinski definition) is 4. The number of halogens is 1. The Hall–Kier alpha value is -3.52. The number of nitrogens with one attached hydrogen (secondary N) is 2. The van der Waals surface area contributed by atoms with Crippen LogP contribution in [0.25, 0.3) is 10.9 Å². The van der Waals surface area contributed by atoms with Crippen LogP contribution in [-0.4, -0.2) is 64.3 Å². The molecule has 3 amide bonds. The van der Waals surface area contributed by atoms with Gasteiger partial charge in [-0.25, -0.2) is 4.79 Å². The molecule has 2 atom stereocenters. The van der Waals surface area contributed by atoms with Gasteiger partial charge in [0.15, 0.2) is 0 Å². The molecule has 0 spiro atoms. The number of carbonyl (C=O) groups excluding carboxylic acids is 3. The minimum Gasteiger partial charge on any atom is -0.444 e. The summed E-state index contributed by atoms with van der Waals surface area (Å²) in [6.45, 7) is 5.39. The number of para-hydroxylation sites is 1. The average Bonchev–Trinajstić information content (AvgIpc) is 3.19. The van der Waals surface area contributed by atoms with Crippen molar-refractivity contribution >= 4 is 46.1 Å². The molecule has 3 aromatic rings. The van der Waals surface area contributed by atoms with E-state index in [1.807, 2.05) is 36.4 Å². The lowest BCUT2D eigenvalue weighted by Crippen LogP contribution is -2.54. The van der Waals surface area contributed by atoms with Crippen LogP contribution in [0.4, 0.5) is 10.5 Å². The molecule has 0 saturated heterocycles. The molecule has 1 aromatic heterocycles. The molecule has 0 fully saturated rings. The summed E-state index contributed by atoms with van der Waals surface area (Å²) < 4.78 is 5.33. The molecule has 0 saturated carbocycles. The predicted molar refractivity (Wildman–Crippen MR) is 140 cm³/mol. The molecule has 2 aromatic carbocycles. The standard InChI is InChI=1S/C27H31ClN4O4/c1-27(2,3)36-26(35)29-17-12-10-16(11-13-17)24-23-19(18-8-6-7-9-20(18)30-23)14-21(25(34)31(4)5)32(24)22(33)15-28/h6-13,21,24,30H,14-15H2,1-5H3,(H,29,35)/t21-,24+/m1/s1. The van der Waals surface area contributed by atoms with Gasteiger partial charge in [0, 0.05) is 42.8 Å². The molecule has 190 valence electrons. The summed E-state index contributed by atoms with van der Waals surface area (Å²) in [5, 5.41) is 3.75. The third kappa shape index (κ3) is 5.04. The molecular weight excluding hydrogens is 480 g/mol. The zero-order valence-electron chi connectivity index (χ0n) is 21.1. The number of fused-ring (bicyclic) bond motifs is 3. The van der Waals surface area contributed by atoms with Crippen molar-refractivity contribution in [3.8, 4) is 0 Å². The van der Waals surface area contributed by atoms with E-state index in [1.54, 1.807) is 51.9 Å². The second-order valence-electron chi connectivity index (χ2n) is 10.1. The van der Waals surface area contributed by atoms with Gasteiger partial charge in [-0.3, -0.25) is 14.9 Å². The van der Waals surface area contributed by atoms with Crippen molar-refractivity contribution in [2.45, 2.75) is 44.9 Å². The normalized spacial score (nSPS) is 17.4. The lowest BCUT2D eigenvalue weighted by atomic mass is 9.87. The molecule has 1 aliphatic rings. The number of benzene rings is 2. The van der Waals surface area contributed by atoms with Crippen LogP contribution in [0.3, 0.4) is 0 Å². The van der Waals surface area contributed by atoms with Gasteiger partial charge in [-0.05, 0) is 50.1 Å². The number of H-pyrrole nitrogens is 1. The molecular formula is C27H31ClN4O4. The van der Waals surface area contributed by atoms with Gasteiger partial charge in [0.05, 0.1) is 6.04 Å². The maximum Gasteiger partial charge on any atom is 0.412 e. The van der Waals surface area contributed by atoms with Crippen LogP contribution >= 0.6 is 11.6 Å². The second kappa shape index (κ2) is 9.85. The van der Waals surface area contributed by atoms with Crippen LogP contribution in [0, 0.1) is 0 Å². The Morgan fingerprint density at radius 1 is 1.11 bits per heavy atom. The fourth-order valence-corrected chi connectivity index (χ4v) is 4.81. The average molecular weight is 511 g/mol. The maximum atomic E-state index is 13.3. The van der Waals surface area contributed by atoms with E-state index in [0.29, 0.717) is 12.1 Å². The molecule has 1 aliphatic heterocycles. The first-order valence-electron chi connectivity index (χ1n) is 11.8. The SMILES string of the molecule is CN(C)C(=O)[C@H]1Cc2c([nH]c3ccccc23)[C@H](c2ccc(NC(=O)OC(C)(C)C)cc2)N1C(=O)CCl. The van der Waals surface area contributed by atoms with Gasteiger partial charge in [-0.1, -0.05) is 30.3 Å². The number of nitrogens with zero attached hydrogens (tertiary/aromatic N) is 2. The zero-order valence-corrected chi connectivity index (χ0v) is 21.8. The maximum absolute atomic E-state index is 13.3. The summed E-state index contributed by atoms with van der Waals surface area (Å²) in [5.41, 5.74) is 3.51. The van der Waals surface area contributed by atoms with Crippen LogP contribution in [0.5, 0.6) is 0 Å². The Labute approximate surface area is 215 Å². The first kappa shape index (κ1) is 25.6. The highest BCUT2D eigenvalue weighted by molar-refractivity contribution is 6.27. The van der Waals surface area contributed by atoms with E-state index in [9.17, 15) is 14.4 Å². The summed E-state index contributed by atoms with van der Waals surface area (Å²) in [7, 11) is 3.37. The molecule has 2 N–H and O–H groups in total. The molecule has 36 heavy (non-hydrogen) atoms. The summed E-state index contributed by atoms with van der Waals surface area (Å²) in [6, 6.07) is 13.8. The van der Waals surface area contributed by atoms with E-state index >= 15 is 0 Å². The lowest BCUT2D eigenvalue weighted by Gasteiger charge is -2.42. The minimum absolute atomic E-state index is 0.169. The smallest absolute Gasteiger partial charge is 0.412 e. The summed E-state index contributed by atoms with van der Waals surface area (Å²) >= 11 is 6.04. The van der Waals surface area contributed by atoms with E-state index in [1.165, 1.54) is 4.90 Å². The lowest BCUT2D eigenvalue weighted by molar-refractivity contribution is -0.145. The number of carbonyl (C=O) groups is 3. The van der Waals surface area contributed by atoms with Crippen LogP contribution in [0.2, 0.25) is 0 Å². The highest BCUT2D eigenvalue weighted by Crippen LogP contribution is 2.41. The van der Waals surface area contributed by atoms with Crippen molar-refractivity contribution < 1.29 is 19.1 Å². The van der Waals surface area contributed by atoms with Crippen molar-refractivity contribution in [2.24, 2.45) is 0 Å². The zero-order chi connectivity index (χ0) is 26.2. The van der Waals surface area contributed by atoms with Crippen molar-refractivity contribution in [3.05, 3.63) is 65.4 Å². The van der Waals surface area contributed by atoms with Gasteiger partial charge < -0.3 is 19.5 Å². The van der Waals surface area contributed by atoms with Gasteiger partial charge >= 0.3 is 6.09 Å². The molecule has 0 aliphatic carbocycles. The first-order chi connectivity index (χ1) is 17.0. The number of alkyl halides is 1. The highest BCUT2D eigenvalue weighted by atomic mass is 35.5.